The summed E-state index contributed by atoms with van der Waals surface area (Å²) in [6, 6.07) is 7.19. The predicted molar refractivity (Wildman–Crippen MR) is 83.0 cm³/mol. The Kier molecular flexibility index (Phi) is 5.37. The van der Waals surface area contributed by atoms with Crippen LogP contribution >= 0.6 is 0 Å². The number of hydrogen-bond acceptors (Lipinski definition) is 4. The van der Waals surface area contributed by atoms with Crippen molar-refractivity contribution >= 4 is 10.0 Å². The van der Waals surface area contributed by atoms with Crippen molar-refractivity contribution < 1.29 is 13.2 Å². The normalized spacial score (nSPS) is 20.9. The molecule has 1 heterocycles. The molecule has 6 heteroatoms. The molecule has 1 atom stereocenters. The number of ether oxygens (including phenoxy) is 1. The summed E-state index contributed by atoms with van der Waals surface area (Å²) in [6.45, 7) is 6.08. The Hall–Kier alpha value is -0.950. The molecule has 1 N–H and O–H groups in total. The molecule has 1 saturated heterocycles. The minimum atomic E-state index is -3.43. The summed E-state index contributed by atoms with van der Waals surface area (Å²) in [5.74, 6) is 0.394. The van der Waals surface area contributed by atoms with Gasteiger partial charge in [-0.2, -0.15) is 4.31 Å². The average molecular weight is 312 g/mol. The molecule has 0 spiro atoms. The Labute approximate surface area is 127 Å². The van der Waals surface area contributed by atoms with Gasteiger partial charge in [-0.05, 0) is 30.7 Å². The first-order chi connectivity index (χ1) is 9.95. The fourth-order valence-corrected chi connectivity index (χ4v) is 3.89. The minimum Gasteiger partial charge on any atom is -0.374 e. The molecule has 1 unspecified atom stereocenters. The summed E-state index contributed by atoms with van der Waals surface area (Å²) in [5.41, 5.74) is 1.14. The molecule has 1 aliphatic heterocycles. The van der Waals surface area contributed by atoms with E-state index >= 15 is 0 Å². The zero-order valence-corrected chi connectivity index (χ0v) is 13.7. The van der Waals surface area contributed by atoms with E-state index < -0.39 is 10.0 Å². The van der Waals surface area contributed by atoms with Crippen LogP contribution in [0.4, 0.5) is 0 Å². The monoisotopic (exact) mass is 312 g/mol. The topological polar surface area (TPSA) is 58.6 Å². The fourth-order valence-electron chi connectivity index (χ4n) is 2.44. The second-order valence-corrected chi connectivity index (χ2v) is 7.58. The zero-order valence-electron chi connectivity index (χ0n) is 12.9. The Morgan fingerprint density at radius 2 is 2.00 bits per heavy atom. The van der Waals surface area contributed by atoms with Gasteiger partial charge < -0.3 is 10.1 Å². The molecule has 0 aromatic heterocycles. The first-order valence-corrected chi connectivity index (χ1v) is 8.75. The van der Waals surface area contributed by atoms with Gasteiger partial charge in [-0.3, -0.25) is 0 Å². The number of likely N-dealkylation sites (N-methyl/N-ethyl adjacent to an activating group) is 1. The van der Waals surface area contributed by atoms with Crippen LogP contribution in [-0.2, 0) is 14.8 Å². The van der Waals surface area contributed by atoms with Crippen LogP contribution in [0.5, 0.6) is 0 Å². The van der Waals surface area contributed by atoms with Gasteiger partial charge in [0.2, 0.25) is 10.0 Å². The van der Waals surface area contributed by atoms with E-state index in [2.05, 4.69) is 19.2 Å². The largest absolute Gasteiger partial charge is 0.374 e. The van der Waals surface area contributed by atoms with Gasteiger partial charge in [-0.25, -0.2) is 8.42 Å². The predicted octanol–water partition coefficient (Wildman–Crippen LogP) is 1.42. The Morgan fingerprint density at radius 3 is 2.57 bits per heavy atom. The van der Waals surface area contributed by atoms with Crippen LogP contribution in [0.15, 0.2) is 29.2 Å². The van der Waals surface area contributed by atoms with E-state index in [4.69, 9.17) is 4.74 Å². The highest BCUT2D eigenvalue weighted by Gasteiger charge is 2.30. The molecule has 0 saturated carbocycles. The van der Waals surface area contributed by atoms with Crippen molar-refractivity contribution in [3.05, 3.63) is 29.8 Å². The molecule has 0 bridgehead atoms. The lowest BCUT2D eigenvalue weighted by Crippen LogP contribution is -2.48. The van der Waals surface area contributed by atoms with Crippen molar-refractivity contribution in [3.63, 3.8) is 0 Å². The van der Waals surface area contributed by atoms with Gasteiger partial charge >= 0.3 is 0 Å². The molecular formula is C15H24N2O3S. The fraction of sp³-hybridized carbons (Fsp3) is 0.600. The molecule has 2 rings (SSSR count). The molecule has 118 valence electrons. The van der Waals surface area contributed by atoms with E-state index in [0.717, 1.165) is 5.56 Å². The standard InChI is InChI=1S/C15H24N2O3S/c1-12(2)13-4-6-15(7-5-13)21(18,19)17-8-9-20-14(11-17)10-16-3/h4-7,12,14,16H,8-11H2,1-3H3. The number of hydrogen-bond donors (Lipinski definition) is 1. The maximum absolute atomic E-state index is 12.7. The third kappa shape index (κ3) is 3.83. The molecule has 0 aliphatic carbocycles. The van der Waals surface area contributed by atoms with Gasteiger partial charge in [0.05, 0.1) is 17.6 Å². The number of nitrogens with one attached hydrogen (secondary N) is 1. The first kappa shape index (κ1) is 16.4. The second-order valence-electron chi connectivity index (χ2n) is 5.64. The molecule has 1 fully saturated rings. The molecule has 0 radical (unpaired) electrons. The SMILES string of the molecule is CNCC1CN(S(=O)(=O)c2ccc(C(C)C)cc2)CCO1. The quantitative estimate of drug-likeness (QED) is 0.893. The lowest BCUT2D eigenvalue weighted by molar-refractivity contribution is 0.000824. The molecule has 21 heavy (non-hydrogen) atoms. The van der Waals surface area contributed by atoms with Crippen molar-refractivity contribution in [2.75, 3.05) is 33.3 Å². The van der Waals surface area contributed by atoms with E-state index in [1.165, 1.54) is 4.31 Å². The smallest absolute Gasteiger partial charge is 0.243 e. The minimum absolute atomic E-state index is 0.0894. The molecule has 1 aromatic carbocycles. The van der Waals surface area contributed by atoms with Crippen molar-refractivity contribution in [3.8, 4) is 0 Å². The summed E-state index contributed by atoms with van der Waals surface area (Å²) >= 11 is 0. The van der Waals surface area contributed by atoms with Gasteiger partial charge in [-0.1, -0.05) is 26.0 Å². The Morgan fingerprint density at radius 1 is 1.33 bits per heavy atom. The van der Waals surface area contributed by atoms with Crippen LogP contribution in [0, 0.1) is 0 Å². The lowest BCUT2D eigenvalue weighted by atomic mass is 10.0. The summed E-state index contributed by atoms with van der Waals surface area (Å²) in [6.07, 6.45) is -0.0894. The molecule has 5 nitrogen and oxygen atoms in total. The maximum Gasteiger partial charge on any atom is 0.243 e. The average Bonchev–Trinajstić information content (AvgIpc) is 2.48. The van der Waals surface area contributed by atoms with Gasteiger partial charge in [0.25, 0.3) is 0 Å². The van der Waals surface area contributed by atoms with Crippen LogP contribution in [0.25, 0.3) is 0 Å². The number of benzene rings is 1. The van der Waals surface area contributed by atoms with E-state index in [-0.39, 0.29) is 6.10 Å². The van der Waals surface area contributed by atoms with Crippen LogP contribution in [0.1, 0.15) is 25.3 Å². The maximum atomic E-state index is 12.7. The van der Waals surface area contributed by atoms with Crippen LogP contribution < -0.4 is 5.32 Å². The number of rotatable bonds is 5. The number of sulfonamides is 1. The van der Waals surface area contributed by atoms with E-state index in [9.17, 15) is 8.42 Å². The van der Waals surface area contributed by atoms with Crippen molar-refractivity contribution in [2.24, 2.45) is 0 Å². The van der Waals surface area contributed by atoms with Gasteiger partial charge in [-0.15, -0.1) is 0 Å². The zero-order chi connectivity index (χ0) is 15.5. The van der Waals surface area contributed by atoms with E-state index in [0.29, 0.717) is 37.1 Å². The second kappa shape index (κ2) is 6.87. The third-order valence-electron chi connectivity index (χ3n) is 3.72. The summed E-state index contributed by atoms with van der Waals surface area (Å²) in [7, 11) is -1.60. The van der Waals surface area contributed by atoms with E-state index in [1.54, 1.807) is 12.1 Å². The molecule has 1 aliphatic rings. The van der Waals surface area contributed by atoms with Crippen molar-refractivity contribution in [1.29, 1.82) is 0 Å². The molecule has 1 aromatic rings. The highest BCUT2D eigenvalue weighted by atomic mass is 32.2. The van der Waals surface area contributed by atoms with Crippen LogP contribution in [0.3, 0.4) is 0 Å². The first-order valence-electron chi connectivity index (χ1n) is 7.31. The summed E-state index contributed by atoms with van der Waals surface area (Å²) < 4.78 is 32.4. The Bertz CT molecular complexity index is 553. The van der Waals surface area contributed by atoms with Crippen molar-refractivity contribution in [2.45, 2.75) is 30.8 Å². The number of nitrogens with zero attached hydrogens (tertiary/aromatic N) is 1. The lowest BCUT2D eigenvalue weighted by Gasteiger charge is -2.32. The van der Waals surface area contributed by atoms with Crippen LogP contribution in [0.2, 0.25) is 0 Å². The van der Waals surface area contributed by atoms with Crippen molar-refractivity contribution in [1.82, 2.24) is 9.62 Å². The Balaban J connectivity index is 2.17. The summed E-state index contributed by atoms with van der Waals surface area (Å²) in [5, 5.41) is 3.02. The van der Waals surface area contributed by atoms with Gasteiger partial charge in [0, 0.05) is 19.6 Å². The van der Waals surface area contributed by atoms with Gasteiger partial charge in [0.1, 0.15) is 0 Å². The molecular weight excluding hydrogens is 288 g/mol. The number of morpholine rings is 1. The highest BCUT2D eigenvalue weighted by molar-refractivity contribution is 7.89. The van der Waals surface area contributed by atoms with Gasteiger partial charge in [0.15, 0.2) is 0 Å². The highest BCUT2D eigenvalue weighted by Crippen LogP contribution is 2.21. The van der Waals surface area contributed by atoms with Crippen LogP contribution in [-0.4, -0.2) is 52.1 Å². The summed E-state index contributed by atoms with van der Waals surface area (Å²) in [4.78, 5) is 0.358. The molecule has 0 amide bonds. The third-order valence-corrected chi connectivity index (χ3v) is 5.60. The van der Waals surface area contributed by atoms with E-state index in [1.807, 2.05) is 19.2 Å².